The van der Waals surface area contributed by atoms with Crippen molar-refractivity contribution in [3.05, 3.63) is 65.7 Å². The minimum Gasteiger partial charge on any atom is -0.480 e. The van der Waals surface area contributed by atoms with Crippen LogP contribution in [0, 0.1) is 23.1 Å². The van der Waals surface area contributed by atoms with Crippen LogP contribution in [0.4, 0.5) is 10.1 Å². The summed E-state index contributed by atoms with van der Waals surface area (Å²) in [6.07, 6.45) is -0.528. The van der Waals surface area contributed by atoms with Gasteiger partial charge in [0.15, 0.2) is 28.7 Å². The molecule has 166 valence electrons. The van der Waals surface area contributed by atoms with Gasteiger partial charge in [0.2, 0.25) is 5.91 Å². The van der Waals surface area contributed by atoms with Crippen molar-refractivity contribution in [3.63, 3.8) is 0 Å². The van der Waals surface area contributed by atoms with E-state index in [-0.39, 0.29) is 17.4 Å². The molecule has 0 radical (unpaired) electrons. The number of thioether (sulfide) groups is 1. The molecule has 3 rings (SSSR count). The summed E-state index contributed by atoms with van der Waals surface area (Å²) in [6, 6.07) is 14.9. The highest BCUT2D eigenvalue weighted by Crippen LogP contribution is 2.27. The van der Waals surface area contributed by atoms with Gasteiger partial charge in [0, 0.05) is 12.2 Å². The number of halogens is 1. The number of carbonyl (C=O) groups excluding carboxylic acids is 1. The Balaban J connectivity index is 1.69. The predicted octanol–water partition coefficient (Wildman–Crippen LogP) is 4.82. The highest BCUT2D eigenvalue weighted by atomic mass is 32.2. The van der Waals surface area contributed by atoms with Crippen molar-refractivity contribution in [1.29, 1.82) is 5.26 Å². The summed E-state index contributed by atoms with van der Waals surface area (Å²) in [5.41, 5.74) is 1.14. The molecule has 32 heavy (non-hydrogen) atoms. The Kier molecular flexibility index (Phi) is 7.84. The topological polar surface area (TPSA) is 92.8 Å². The minimum atomic E-state index is -0.528. The number of aromatic nitrogens is 3. The third-order valence-electron chi connectivity index (χ3n) is 4.43. The summed E-state index contributed by atoms with van der Waals surface area (Å²) >= 11 is 1.27. The fourth-order valence-electron chi connectivity index (χ4n) is 2.98. The summed E-state index contributed by atoms with van der Waals surface area (Å²) in [6.45, 7) is 6.56. The summed E-state index contributed by atoms with van der Waals surface area (Å²) in [7, 11) is 0. The van der Waals surface area contributed by atoms with Crippen LogP contribution >= 0.6 is 11.8 Å². The van der Waals surface area contributed by atoms with E-state index in [9.17, 15) is 9.18 Å². The van der Waals surface area contributed by atoms with E-state index in [0.717, 1.165) is 0 Å². The van der Waals surface area contributed by atoms with Crippen molar-refractivity contribution in [1.82, 2.24) is 14.8 Å². The Morgan fingerprint density at radius 2 is 1.91 bits per heavy atom. The molecule has 2 aromatic carbocycles. The summed E-state index contributed by atoms with van der Waals surface area (Å²) < 4.78 is 21.7. The number of hydrogen-bond donors (Lipinski definition) is 1. The van der Waals surface area contributed by atoms with Crippen molar-refractivity contribution in [2.24, 2.45) is 5.92 Å². The van der Waals surface area contributed by atoms with Gasteiger partial charge in [0.25, 0.3) is 0 Å². The summed E-state index contributed by atoms with van der Waals surface area (Å²) in [5, 5.41) is 20.8. The number of nitriles is 1. The molecule has 0 aliphatic rings. The second kappa shape index (κ2) is 10.8. The van der Waals surface area contributed by atoms with Gasteiger partial charge in [-0.1, -0.05) is 37.7 Å². The van der Waals surface area contributed by atoms with Gasteiger partial charge in [0.05, 0.1) is 17.4 Å². The van der Waals surface area contributed by atoms with Crippen molar-refractivity contribution < 1.29 is 13.9 Å². The first-order valence-corrected chi connectivity index (χ1v) is 11.1. The maximum Gasteiger partial charge on any atom is 0.234 e. The molecule has 1 unspecified atom stereocenters. The third kappa shape index (κ3) is 6.08. The van der Waals surface area contributed by atoms with E-state index in [0.29, 0.717) is 34.7 Å². The van der Waals surface area contributed by atoms with Crippen molar-refractivity contribution in [2.45, 2.75) is 38.6 Å². The lowest BCUT2D eigenvalue weighted by molar-refractivity contribution is -0.113. The zero-order valence-corrected chi connectivity index (χ0v) is 18.9. The lowest BCUT2D eigenvalue weighted by atomic mass is 10.2. The van der Waals surface area contributed by atoms with E-state index in [2.05, 4.69) is 29.4 Å². The molecule has 1 heterocycles. The van der Waals surface area contributed by atoms with Crippen LogP contribution in [-0.4, -0.2) is 26.4 Å². The number of nitrogens with one attached hydrogen (secondary N) is 1. The van der Waals surface area contributed by atoms with Gasteiger partial charge in [-0.25, -0.2) is 4.39 Å². The molecule has 1 amide bonds. The van der Waals surface area contributed by atoms with Gasteiger partial charge in [-0.05, 0) is 49.2 Å². The van der Waals surface area contributed by atoms with Crippen molar-refractivity contribution in [2.75, 3.05) is 11.1 Å². The molecule has 0 spiro atoms. The molecule has 0 saturated carbocycles. The molecule has 1 atom stereocenters. The fourth-order valence-corrected chi connectivity index (χ4v) is 3.74. The molecule has 0 bridgehead atoms. The van der Waals surface area contributed by atoms with E-state index < -0.39 is 11.9 Å². The number of amides is 1. The Labute approximate surface area is 190 Å². The number of anilines is 1. The number of nitrogens with zero attached hydrogens (tertiary/aromatic N) is 4. The molecule has 1 N–H and O–H groups in total. The van der Waals surface area contributed by atoms with Crippen LogP contribution in [0.3, 0.4) is 0 Å². The highest BCUT2D eigenvalue weighted by molar-refractivity contribution is 7.99. The first-order valence-electron chi connectivity index (χ1n) is 10.1. The van der Waals surface area contributed by atoms with Crippen LogP contribution in [-0.2, 0) is 11.3 Å². The zero-order chi connectivity index (χ0) is 23.1. The van der Waals surface area contributed by atoms with Gasteiger partial charge in [-0.3, -0.25) is 4.79 Å². The smallest absolute Gasteiger partial charge is 0.234 e. The first-order chi connectivity index (χ1) is 15.4. The first kappa shape index (κ1) is 23.3. The third-order valence-corrected chi connectivity index (χ3v) is 5.39. The van der Waals surface area contributed by atoms with Gasteiger partial charge >= 0.3 is 0 Å². The van der Waals surface area contributed by atoms with Crippen molar-refractivity contribution in [3.8, 4) is 11.8 Å². The average Bonchev–Trinajstić information content (AvgIpc) is 3.16. The van der Waals surface area contributed by atoms with Crippen LogP contribution in [0.1, 0.15) is 38.3 Å². The second-order valence-corrected chi connectivity index (χ2v) is 8.50. The number of carbonyl (C=O) groups is 1. The second-order valence-electron chi connectivity index (χ2n) is 7.56. The number of hydrogen-bond acceptors (Lipinski definition) is 6. The van der Waals surface area contributed by atoms with Crippen LogP contribution < -0.4 is 10.1 Å². The van der Waals surface area contributed by atoms with Gasteiger partial charge in [0.1, 0.15) is 0 Å². The van der Waals surface area contributed by atoms with E-state index in [1.165, 1.54) is 17.8 Å². The monoisotopic (exact) mass is 453 g/mol. The fraction of sp³-hybridized carbons (Fsp3) is 0.304. The number of para-hydroxylation sites is 1. The standard InChI is InChI=1S/C23H24FN5O2S/c1-15(2)13-29-22(16(3)31-20-7-5-4-6-19(20)24)27-28-23(29)32-14-21(30)26-18-10-8-17(12-25)9-11-18/h4-11,15-16H,13-14H2,1-3H3,(H,26,30). The van der Waals surface area contributed by atoms with Crippen LogP contribution in [0.2, 0.25) is 0 Å². The van der Waals surface area contributed by atoms with Gasteiger partial charge in [-0.15, -0.1) is 10.2 Å². The molecule has 1 aromatic heterocycles. The van der Waals surface area contributed by atoms with Crippen molar-refractivity contribution >= 4 is 23.4 Å². The quantitative estimate of drug-likeness (QED) is 0.467. The molecular formula is C23H24FN5O2S. The Hall–Kier alpha value is -3.38. The number of ether oxygens (including phenoxy) is 1. The molecule has 7 nitrogen and oxygen atoms in total. The molecule has 0 saturated heterocycles. The van der Waals surface area contributed by atoms with Crippen LogP contribution in [0.5, 0.6) is 5.75 Å². The molecular weight excluding hydrogens is 429 g/mol. The van der Waals surface area contributed by atoms with Gasteiger partial charge in [-0.2, -0.15) is 5.26 Å². The van der Waals surface area contributed by atoms with E-state index in [4.69, 9.17) is 10.00 Å². The van der Waals surface area contributed by atoms with E-state index in [1.54, 1.807) is 49.4 Å². The lowest BCUT2D eigenvalue weighted by Crippen LogP contribution is -2.17. The highest BCUT2D eigenvalue weighted by Gasteiger charge is 2.22. The Morgan fingerprint density at radius 3 is 2.56 bits per heavy atom. The Bertz CT molecular complexity index is 1110. The van der Waals surface area contributed by atoms with E-state index in [1.807, 2.05) is 10.6 Å². The minimum absolute atomic E-state index is 0.138. The molecule has 0 aliphatic carbocycles. The number of rotatable bonds is 9. The molecule has 0 aliphatic heterocycles. The van der Waals surface area contributed by atoms with Gasteiger partial charge < -0.3 is 14.6 Å². The van der Waals surface area contributed by atoms with Crippen LogP contribution in [0.25, 0.3) is 0 Å². The summed E-state index contributed by atoms with van der Waals surface area (Å²) in [5.74, 6) is 0.516. The maximum absolute atomic E-state index is 14.0. The maximum atomic E-state index is 14.0. The average molecular weight is 454 g/mol. The SMILES string of the molecule is CC(C)Cn1c(SCC(=O)Nc2ccc(C#N)cc2)nnc1C(C)Oc1ccccc1F. The predicted molar refractivity (Wildman–Crippen MR) is 121 cm³/mol. The van der Waals surface area contributed by atoms with E-state index >= 15 is 0 Å². The largest absolute Gasteiger partial charge is 0.480 e. The lowest BCUT2D eigenvalue weighted by Gasteiger charge is -2.18. The Morgan fingerprint density at radius 1 is 1.19 bits per heavy atom. The number of benzene rings is 2. The molecule has 3 aromatic rings. The molecule has 0 fully saturated rings. The van der Waals surface area contributed by atoms with Crippen LogP contribution in [0.15, 0.2) is 53.7 Å². The normalized spacial score (nSPS) is 11.8. The zero-order valence-electron chi connectivity index (χ0n) is 18.1. The molecule has 9 heteroatoms. The summed E-state index contributed by atoms with van der Waals surface area (Å²) in [4.78, 5) is 12.4.